The van der Waals surface area contributed by atoms with E-state index in [1.54, 1.807) is 17.1 Å². The van der Waals surface area contributed by atoms with Gasteiger partial charge in [-0.25, -0.2) is 19.0 Å². The fourth-order valence-electron chi connectivity index (χ4n) is 2.35. The number of aromatic nitrogens is 3. The molecule has 0 saturated carbocycles. The second kappa shape index (κ2) is 7.19. The van der Waals surface area contributed by atoms with Crippen LogP contribution < -0.4 is 5.73 Å². The molecule has 2 heterocycles. The largest absolute Gasteiger partial charge is 0.378 e. The van der Waals surface area contributed by atoms with Gasteiger partial charge in [0.05, 0.1) is 19.8 Å². The van der Waals surface area contributed by atoms with E-state index in [1.165, 1.54) is 12.1 Å². The molecule has 1 saturated heterocycles. The van der Waals surface area contributed by atoms with Gasteiger partial charge >= 0.3 is 0 Å². The van der Waals surface area contributed by atoms with Crippen LogP contribution in [0.4, 0.5) is 4.39 Å². The number of ether oxygens (including phenoxy) is 1. The Labute approximate surface area is 133 Å². The quantitative estimate of drug-likeness (QED) is 0.660. The number of nitrogens with two attached hydrogens (primary N) is 1. The van der Waals surface area contributed by atoms with Crippen LogP contribution in [-0.4, -0.2) is 51.9 Å². The number of hydrogen-bond donors (Lipinski definition) is 1. The Bertz CT molecular complexity index is 680. The van der Waals surface area contributed by atoms with Gasteiger partial charge in [0, 0.05) is 13.1 Å². The zero-order valence-corrected chi connectivity index (χ0v) is 12.7. The molecule has 23 heavy (non-hydrogen) atoms. The molecule has 2 N–H and O–H groups in total. The standard InChI is InChI=1S/C15H19FN6O/c16-13-3-1-2-12(8-13)10-22-11-19-14(20-22)9-18-15(17)21-4-6-23-7-5-21/h1-3,8,11H,4-7,9-10H2,(H2,17,18). The Morgan fingerprint density at radius 2 is 2.17 bits per heavy atom. The molecule has 1 aromatic heterocycles. The van der Waals surface area contributed by atoms with E-state index >= 15 is 0 Å². The van der Waals surface area contributed by atoms with E-state index in [9.17, 15) is 4.39 Å². The van der Waals surface area contributed by atoms with Gasteiger partial charge in [-0.2, -0.15) is 5.10 Å². The van der Waals surface area contributed by atoms with E-state index in [-0.39, 0.29) is 5.82 Å². The maximum absolute atomic E-state index is 13.2. The van der Waals surface area contributed by atoms with Gasteiger partial charge in [0.2, 0.25) is 0 Å². The van der Waals surface area contributed by atoms with Crippen molar-refractivity contribution >= 4 is 5.96 Å². The molecular formula is C15H19FN6O. The molecule has 7 nitrogen and oxygen atoms in total. The predicted molar refractivity (Wildman–Crippen MR) is 83.2 cm³/mol. The molecule has 0 atom stereocenters. The van der Waals surface area contributed by atoms with Crippen LogP contribution in [0.15, 0.2) is 35.6 Å². The number of morpholine rings is 1. The number of hydrogen-bond acceptors (Lipinski definition) is 4. The zero-order valence-electron chi connectivity index (χ0n) is 12.7. The molecule has 8 heteroatoms. The van der Waals surface area contributed by atoms with E-state index in [1.807, 2.05) is 11.0 Å². The molecule has 1 aromatic carbocycles. The third-order valence-electron chi connectivity index (χ3n) is 3.54. The third-order valence-corrected chi connectivity index (χ3v) is 3.54. The van der Waals surface area contributed by atoms with Gasteiger partial charge < -0.3 is 15.4 Å². The van der Waals surface area contributed by atoms with Gasteiger partial charge in [-0.1, -0.05) is 12.1 Å². The number of rotatable bonds is 4. The number of nitrogens with zero attached hydrogens (tertiary/aromatic N) is 5. The maximum Gasteiger partial charge on any atom is 0.191 e. The van der Waals surface area contributed by atoms with Gasteiger partial charge in [-0.05, 0) is 17.7 Å². The number of benzene rings is 1. The molecule has 0 spiro atoms. The summed E-state index contributed by atoms with van der Waals surface area (Å²) in [6, 6.07) is 6.42. The molecule has 2 aromatic rings. The summed E-state index contributed by atoms with van der Waals surface area (Å²) in [4.78, 5) is 10.5. The lowest BCUT2D eigenvalue weighted by Gasteiger charge is -2.27. The Morgan fingerprint density at radius 1 is 1.35 bits per heavy atom. The first kappa shape index (κ1) is 15.4. The van der Waals surface area contributed by atoms with Crippen molar-refractivity contribution in [1.82, 2.24) is 19.7 Å². The molecular weight excluding hydrogens is 299 g/mol. The second-order valence-electron chi connectivity index (χ2n) is 5.26. The van der Waals surface area contributed by atoms with Gasteiger partial charge in [0.25, 0.3) is 0 Å². The molecule has 1 aliphatic rings. The fourth-order valence-corrected chi connectivity index (χ4v) is 2.35. The summed E-state index contributed by atoms with van der Waals surface area (Å²) in [6.45, 7) is 3.60. The maximum atomic E-state index is 13.2. The predicted octanol–water partition coefficient (Wildman–Crippen LogP) is 0.612. The number of halogens is 1. The molecule has 3 rings (SSSR count). The Hall–Kier alpha value is -2.48. The first-order valence-electron chi connectivity index (χ1n) is 7.46. The average molecular weight is 318 g/mol. The molecule has 1 aliphatic heterocycles. The smallest absolute Gasteiger partial charge is 0.191 e. The van der Waals surface area contributed by atoms with Gasteiger partial charge in [-0.3, -0.25) is 0 Å². The minimum atomic E-state index is -0.259. The summed E-state index contributed by atoms with van der Waals surface area (Å²) < 4.78 is 20.1. The van der Waals surface area contributed by atoms with Crippen molar-refractivity contribution in [3.05, 3.63) is 47.8 Å². The van der Waals surface area contributed by atoms with Crippen LogP contribution >= 0.6 is 0 Å². The van der Waals surface area contributed by atoms with Crippen LogP contribution in [0.1, 0.15) is 11.4 Å². The van der Waals surface area contributed by atoms with Crippen LogP contribution in [0.2, 0.25) is 0 Å². The van der Waals surface area contributed by atoms with E-state index < -0.39 is 0 Å². The van der Waals surface area contributed by atoms with E-state index in [0.717, 1.165) is 18.7 Å². The summed E-state index contributed by atoms with van der Waals surface area (Å²) in [7, 11) is 0. The van der Waals surface area contributed by atoms with E-state index in [2.05, 4.69) is 15.1 Å². The van der Waals surface area contributed by atoms with Crippen molar-refractivity contribution in [2.24, 2.45) is 10.7 Å². The van der Waals surface area contributed by atoms with Crippen molar-refractivity contribution in [1.29, 1.82) is 0 Å². The van der Waals surface area contributed by atoms with Gasteiger partial charge in [0.1, 0.15) is 18.7 Å². The normalized spacial score (nSPS) is 15.9. The van der Waals surface area contributed by atoms with Crippen molar-refractivity contribution in [3.8, 4) is 0 Å². The van der Waals surface area contributed by atoms with Crippen LogP contribution in [0, 0.1) is 5.82 Å². The van der Waals surface area contributed by atoms with Crippen molar-refractivity contribution in [3.63, 3.8) is 0 Å². The first-order valence-corrected chi connectivity index (χ1v) is 7.46. The molecule has 0 radical (unpaired) electrons. The van der Waals surface area contributed by atoms with Crippen molar-refractivity contribution in [2.75, 3.05) is 26.3 Å². The molecule has 122 valence electrons. The Kier molecular flexibility index (Phi) is 4.82. The summed E-state index contributed by atoms with van der Waals surface area (Å²) in [6.07, 6.45) is 1.61. The third kappa shape index (κ3) is 4.26. The average Bonchev–Trinajstić information content (AvgIpc) is 3.01. The topological polar surface area (TPSA) is 81.6 Å². The van der Waals surface area contributed by atoms with Crippen LogP contribution in [0.5, 0.6) is 0 Å². The van der Waals surface area contributed by atoms with Crippen molar-refractivity contribution < 1.29 is 9.13 Å². The van der Waals surface area contributed by atoms with E-state index in [4.69, 9.17) is 10.5 Å². The lowest BCUT2D eigenvalue weighted by molar-refractivity contribution is 0.0674. The Balaban J connectivity index is 1.58. The highest BCUT2D eigenvalue weighted by Crippen LogP contribution is 2.05. The molecule has 0 aliphatic carbocycles. The number of aliphatic imine (C=N–C) groups is 1. The van der Waals surface area contributed by atoms with Gasteiger partial charge in [0.15, 0.2) is 11.8 Å². The fraction of sp³-hybridized carbons (Fsp3) is 0.400. The molecule has 0 amide bonds. The highest BCUT2D eigenvalue weighted by Gasteiger charge is 2.12. The summed E-state index contributed by atoms with van der Waals surface area (Å²) in [5.41, 5.74) is 6.79. The summed E-state index contributed by atoms with van der Waals surface area (Å²) in [5, 5.41) is 4.33. The highest BCUT2D eigenvalue weighted by molar-refractivity contribution is 5.78. The highest BCUT2D eigenvalue weighted by atomic mass is 19.1. The van der Waals surface area contributed by atoms with Crippen LogP contribution in [-0.2, 0) is 17.8 Å². The summed E-state index contributed by atoms with van der Waals surface area (Å²) in [5.74, 6) is 0.804. The monoisotopic (exact) mass is 318 g/mol. The zero-order chi connectivity index (χ0) is 16.1. The van der Waals surface area contributed by atoms with E-state index in [0.29, 0.717) is 38.1 Å². The van der Waals surface area contributed by atoms with Crippen LogP contribution in [0.3, 0.4) is 0 Å². The lowest BCUT2D eigenvalue weighted by atomic mass is 10.2. The first-order chi connectivity index (χ1) is 11.2. The number of guanidine groups is 1. The lowest BCUT2D eigenvalue weighted by Crippen LogP contribution is -2.44. The molecule has 0 bridgehead atoms. The van der Waals surface area contributed by atoms with Gasteiger partial charge in [-0.15, -0.1) is 0 Å². The van der Waals surface area contributed by atoms with Crippen LogP contribution in [0.25, 0.3) is 0 Å². The molecule has 1 fully saturated rings. The summed E-state index contributed by atoms with van der Waals surface area (Å²) >= 11 is 0. The second-order valence-corrected chi connectivity index (χ2v) is 5.26. The minimum absolute atomic E-state index is 0.259. The SMILES string of the molecule is NC(=NCc1ncn(Cc2cccc(F)c2)n1)N1CCOCC1. The van der Waals surface area contributed by atoms with Crippen molar-refractivity contribution in [2.45, 2.75) is 13.1 Å². The molecule has 0 unspecified atom stereocenters. The Morgan fingerprint density at radius 3 is 2.96 bits per heavy atom. The minimum Gasteiger partial charge on any atom is -0.378 e.